The van der Waals surface area contributed by atoms with E-state index >= 15 is 0 Å². The lowest BCUT2D eigenvalue weighted by molar-refractivity contribution is 0.247. The van der Waals surface area contributed by atoms with Gasteiger partial charge in [-0.15, -0.1) is 0 Å². The van der Waals surface area contributed by atoms with Crippen molar-refractivity contribution >= 4 is 11.7 Å². The Morgan fingerprint density at radius 2 is 1.96 bits per heavy atom. The molecule has 1 aromatic heterocycles. The number of anilines is 1. The molecule has 4 heteroatoms. The average molecular weight is 323 g/mol. The molecular formula is C20H25N3O. The number of carbonyl (C=O) groups excluding carboxylic acids is 1. The third-order valence-corrected chi connectivity index (χ3v) is 4.81. The van der Waals surface area contributed by atoms with Crippen LogP contribution in [-0.2, 0) is 6.54 Å². The van der Waals surface area contributed by atoms with Crippen LogP contribution in [-0.4, -0.2) is 18.1 Å². The van der Waals surface area contributed by atoms with Crippen molar-refractivity contribution in [1.82, 2.24) is 10.3 Å². The molecule has 4 nitrogen and oxygen atoms in total. The fourth-order valence-corrected chi connectivity index (χ4v) is 3.46. The monoisotopic (exact) mass is 323 g/mol. The van der Waals surface area contributed by atoms with Crippen molar-refractivity contribution in [3.63, 3.8) is 0 Å². The van der Waals surface area contributed by atoms with Gasteiger partial charge in [-0.1, -0.05) is 43.5 Å². The first-order chi connectivity index (χ1) is 11.8. The molecule has 1 aliphatic rings. The first-order valence-electron chi connectivity index (χ1n) is 8.75. The van der Waals surface area contributed by atoms with E-state index in [1.54, 1.807) is 17.3 Å². The smallest absolute Gasteiger partial charge is 0.321 e. The van der Waals surface area contributed by atoms with E-state index in [-0.39, 0.29) is 6.03 Å². The Hall–Kier alpha value is -2.36. The first kappa shape index (κ1) is 16.5. The lowest BCUT2D eigenvalue weighted by atomic mass is 9.83. The molecule has 1 fully saturated rings. The SMILES string of the molecule is CN(C(=O)NCc1cccnc1)c1ccccc1C1CCCCC1. The van der Waals surface area contributed by atoms with E-state index in [2.05, 4.69) is 22.4 Å². The minimum atomic E-state index is -0.0814. The Kier molecular flexibility index (Phi) is 5.47. The summed E-state index contributed by atoms with van der Waals surface area (Å²) in [7, 11) is 1.85. The lowest BCUT2D eigenvalue weighted by Gasteiger charge is -2.28. The Labute approximate surface area is 143 Å². The zero-order valence-electron chi connectivity index (χ0n) is 14.2. The topological polar surface area (TPSA) is 45.2 Å². The third-order valence-electron chi connectivity index (χ3n) is 4.81. The summed E-state index contributed by atoms with van der Waals surface area (Å²) in [5.74, 6) is 0.573. The lowest BCUT2D eigenvalue weighted by Crippen LogP contribution is -2.37. The van der Waals surface area contributed by atoms with Gasteiger partial charge in [0.25, 0.3) is 0 Å². The van der Waals surface area contributed by atoms with Crippen LogP contribution >= 0.6 is 0 Å². The van der Waals surface area contributed by atoms with Crippen molar-refractivity contribution in [3.05, 3.63) is 59.9 Å². The Morgan fingerprint density at radius 1 is 1.17 bits per heavy atom. The maximum Gasteiger partial charge on any atom is 0.321 e. The third kappa shape index (κ3) is 3.94. The van der Waals surface area contributed by atoms with Crippen LogP contribution in [0.15, 0.2) is 48.8 Å². The minimum Gasteiger partial charge on any atom is -0.334 e. The van der Waals surface area contributed by atoms with Gasteiger partial charge in [0.2, 0.25) is 0 Å². The number of benzene rings is 1. The molecule has 1 aliphatic carbocycles. The molecular weight excluding hydrogens is 298 g/mol. The highest BCUT2D eigenvalue weighted by Gasteiger charge is 2.21. The average Bonchev–Trinajstić information content (AvgIpc) is 2.67. The molecule has 2 amide bonds. The molecule has 0 saturated heterocycles. The second-order valence-corrected chi connectivity index (χ2v) is 6.47. The molecule has 1 saturated carbocycles. The normalized spacial score (nSPS) is 15.0. The molecule has 0 aliphatic heterocycles. The Balaban J connectivity index is 1.69. The number of rotatable bonds is 4. The predicted molar refractivity (Wildman–Crippen MR) is 97.1 cm³/mol. The summed E-state index contributed by atoms with van der Waals surface area (Å²) in [5, 5.41) is 2.97. The van der Waals surface area contributed by atoms with Crippen LogP contribution in [0.3, 0.4) is 0 Å². The summed E-state index contributed by atoms with van der Waals surface area (Å²) >= 11 is 0. The van der Waals surface area contributed by atoms with E-state index < -0.39 is 0 Å². The van der Waals surface area contributed by atoms with Gasteiger partial charge >= 0.3 is 6.03 Å². The van der Waals surface area contributed by atoms with Crippen LogP contribution in [0.4, 0.5) is 10.5 Å². The van der Waals surface area contributed by atoms with Crippen molar-refractivity contribution in [2.24, 2.45) is 0 Å². The van der Waals surface area contributed by atoms with E-state index in [1.807, 2.05) is 31.3 Å². The highest BCUT2D eigenvalue weighted by molar-refractivity contribution is 5.92. The number of hydrogen-bond acceptors (Lipinski definition) is 2. The van der Waals surface area contributed by atoms with Crippen LogP contribution in [0.1, 0.15) is 49.1 Å². The van der Waals surface area contributed by atoms with Crippen molar-refractivity contribution in [1.29, 1.82) is 0 Å². The number of para-hydroxylation sites is 1. The first-order valence-corrected chi connectivity index (χ1v) is 8.75. The van der Waals surface area contributed by atoms with E-state index in [1.165, 1.54) is 37.7 Å². The van der Waals surface area contributed by atoms with Gasteiger partial charge < -0.3 is 5.32 Å². The van der Waals surface area contributed by atoms with Crippen molar-refractivity contribution in [2.45, 2.75) is 44.6 Å². The van der Waals surface area contributed by atoms with Crippen molar-refractivity contribution in [2.75, 3.05) is 11.9 Å². The van der Waals surface area contributed by atoms with E-state index in [0.717, 1.165) is 11.3 Å². The number of nitrogens with one attached hydrogen (secondary N) is 1. The summed E-state index contributed by atoms with van der Waals surface area (Å²) in [6.45, 7) is 0.489. The van der Waals surface area contributed by atoms with Crippen LogP contribution in [0.5, 0.6) is 0 Å². The maximum absolute atomic E-state index is 12.5. The summed E-state index contributed by atoms with van der Waals surface area (Å²) < 4.78 is 0. The quantitative estimate of drug-likeness (QED) is 0.902. The molecule has 3 rings (SSSR count). The molecule has 0 atom stereocenters. The van der Waals surface area contributed by atoms with E-state index in [4.69, 9.17) is 0 Å². The fraction of sp³-hybridized carbons (Fsp3) is 0.400. The van der Waals surface area contributed by atoms with Crippen LogP contribution in [0.2, 0.25) is 0 Å². The molecule has 2 aromatic rings. The van der Waals surface area contributed by atoms with Crippen molar-refractivity contribution in [3.8, 4) is 0 Å². The van der Waals surface area contributed by atoms with Crippen LogP contribution < -0.4 is 10.2 Å². The summed E-state index contributed by atoms with van der Waals surface area (Å²) in [6, 6.07) is 12.1. The Morgan fingerprint density at radius 3 is 2.71 bits per heavy atom. The predicted octanol–water partition coefficient (Wildman–Crippen LogP) is 4.48. The zero-order chi connectivity index (χ0) is 16.8. The zero-order valence-corrected chi connectivity index (χ0v) is 14.2. The van der Waals surface area contributed by atoms with E-state index in [0.29, 0.717) is 12.5 Å². The summed E-state index contributed by atoms with van der Waals surface area (Å²) in [6.07, 6.45) is 9.87. The number of nitrogens with zero attached hydrogens (tertiary/aromatic N) is 2. The second-order valence-electron chi connectivity index (χ2n) is 6.47. The van der Waals surface area contributed by atoms with Gasteiger partial charge in [0, 0.05) is 31.7 Å². The van der Waals surface area contributed by atoms with Crippen molar-refractivity contribution < 1.29 is 4.79 Å². The number of amides is 2. The highest BCUT2D eigenvalue weighted by atomic mass is 16.2. The van der Waals surface area contributed by atoms with Gasteiger partial charge in [0.05, 0.1) is 0 Å². The fourth-order valence-electron chi connectivity index (χ4n) is 3.46. The Bertz CT molecular complexity index is 666. The minimum absolute atomic E-state index is 0.0814. The summed E-state index contributed by atoms with van der Waals surface area (Å²) in [4.78, 5) is 18.4. The standard InChI is InChI=1S/C20H25N3O/c1-23(20(24)22-15-16-8-7-13-21-14-16)19-12-6-5-11-18(19)17-9-3-2-4-10-17/h5-8,11-14,17H,2-4,9-10,15H2,1H3,(H,22,24). The molecule has 0 bridgehead atoms. The number of urea groups is 1. The van der Waals surface area contributed by atoms with Crippen LogP contribution in [0, 0.1) is 0 Å². The second kappa shape index (κ2) is 7.95. The van der Waals surface area contributed by atoms with E-state index in [9.17, 15) is 4.79 Å². The molecule has 1 heterocycles. The number of hydrogen-bond donors (Lipinski definition) is 1. The maximum atomic E-state index is 12.5. The number of pyridine rings is 1. The van der Waals surface area contributed by atoms with Gasteiger partial charge in [-0.2, -0.15) is 0 Å². The molecule has 0 unspecified atom stereocenters. The number of aromatic nitrogens is 1. The van der Waals surface area contributed by atoms with Gasteiger partial charge in [-0.25, -0.2) is 4.79 Å². The molecule has 24 heavy (non-hydrogen) atoms. The van der Waals surface area contributed by atoms with Crippen LogP contribution in [0.25, 0.3) is 0 Å². The van der Waals surface area contributed by atoms with Gasteiger partial charge in [-0.05, 0) is 42.0 Å². The molecule has 1 N–H and O–H groups in total. The van der Waals surface area contributed by atoms with Gasteiger partial charge in [0.1, 0.15) is 0 Å². The van der Waals surface area contributed by atoms with Gasteiger partial charge in [-0.3, -0.25) is 9.88 Å². The molecule has 1 aromatic carbocycles. The highest BCUT2D eigenvalue weighted by Crippen LogP contribution is 2.37. The molecule has 0 spiro atoms. The largest absolute Gasteiger partial charge is 0.334 e. The molecule has 0 radical (unpaired) electrons. The summed E-state index contributed by atoms with van der Waals surface area (Å²) in [5.41, 5.74) is 3.32. The van der Waals surface area contributed by atoms with Gasteiger partial charge in [0.15, 0.2) is 0 Å². The molecule has 126 valence electrons. The number of carbonyl (C=O) groups is 1.